The molecule has 1 fully saturated rings. The van der Waals surface area contributed by atoms with E-state index in [0.29, 0.717) is 24.5 Å². The summed E-state index contributed by atoms with van der Waals surface area (Å²) < 4.78 is 60.5. The van der Waals surface area contributed by atoms with Crippen LogP contribution >= 0.6 is 0 Å². The summed E-state index contributed by atoms with van der Waals surface area (Å²) in [7, 11) is -5.84. The van der Waals surface area contributed by atoms with Crippen LogP contribution in [0.1, 0.15) is 44.6 Å². The summed E-state index contributed by atoms with van der Waals surface area (Å²) in [6.45, 7) is 4.96. The van der Waals surface area contributed by atoms with Gasteiger partial charge in [-0.05, 0) is 66.8 Å². The molecule has 3 rings (SSSR count). The summed E-state index contributed by atoms with van der Waals surface area (Å²) in [5.74, 6) is 0.727. The third-order valence-corrected chi connectivity index (χ3v) is 8.48. The van der Waals surface area contributed by atoms with Gasteiger partial charge in [-0.1, -0.05) is 20.3 Å². The van der Waals surface area contributed by atoms with E-state index in [1.807, 2.05) is 13.8 Å². The van der Waals surface area contributed by atoms with Gasteiger partial charge in [0.15, 0.2) is 0 Å². The second-order valence-electron chi connectivity index (χ2n) is 7.65. The van der Waals surface area contributed by atoms with Crippen molar-refractivity contribution in [3.8, 4) is 5.75 Å². The lowest BCUT2D eigenvalue weighted by Crippen LogP contribution is -2.35. The van der Waals surface area contributed by atoms with E-state index in [9.17, 15) is 16.8 Å². The van der Waals surface area contributed by atoms with E-state index < -0.39 is 20.0 Å². The maximum Gasteiger partial charge on any atom is 0.261 e. The molecule has 0 unspecified atom stereocenters. The number of piperidine rings is 1. The molecule has 164 valence electrons. The summed E-state index contributed by atoms with van der Waals surface area (Å²) in [5, 5.41) is 0. The normalized spacial score (nSPS) is 15.9. The second kappa shape index (κ2) is 8.95. The third kappa shape index (κ3) is 4.79. The molecule has 2 aromatic rings. The number of methoxy groups -OCH3 is 1. The number of ether oxygens (including phenoxy) is 1. The molecule has 2 aromatic carbocycles. The van der Waals surface area contributed by atoms with Crippen LogP contribution in [0.25, 0.3) is 0 Å². The standard InChI is InChI=1S/C21H28N2O5S2/c1-16(2)20-15-19(11-12-21(20)28-3)29(24,25)22-17-7-9-18(10-8-17)30(26,27)23-13-5-4-6-14-23/h7-12,15-16,22H,4-6,13-14H2,1-3H3. The van der Waals surface area contributed by atoms with Crippen molar-refractivity contribution >= 4 is 25.7 Å². The highest BCUT2D eigenvalue weighted by molar-refractivity contribution is 7.92. The summed E-state index contributed by atoms with van der Waals surface area (Å²) in [6, 6.07) is 10.6. The van der Waals surface area contributed by atoms with Crippen LogP contribution in [0.5, 0.6) is 5.75 Å². The van der Waals surface area contributed by atoms with Gasteiger partial charge in [0.05, 0.1) is 16.9 Å². The Morgan fingerprint density at radius 1 is 0.900 bits per heavy atom. The zero-order valence-corrected chi connectivity index (χ0v) is 19.1. The average Bonchev–Trinajstić information content (AvgIpc) is 2.74. The Kier molecular flexibility index (Phi) is 6.74. The van der Waals surface area contributed by atoms with Crippen molar-refractivity contribution in [3.63, 3.8) is 0 Å². The Morgan fingerprint density at radius 2 is 1.50 bits per heavy atom. The fourth-order valence-electron chi connectivity index (χ4n) is 3.49. The lowest BCUT2D eigenvalue weighted by molar-refractivity contribution is 0.346. The van der Waals surface area contributed by atoms with E-state index in [0.717, 1.165) is 24.8 Å². The number of hydrogen-bond donors (Lipinski definition) is 1. The molecule has 7 nitrogen and oxygen atoms in total. The summed E-state index contributed by atoms with van der Waals surface area (Å²) in [6.07, 6.45) is 2.76. The highest BCUT2D eigenvalue weighted by Gasteiger charge is 2.26. The van der Waals surface area contributed by atoms with Gasteiger partial charge in [0.2, 0.25) is 10.0 Å². The molecule has 30 heavy (non-hydrogen) atoms. The molecule has 0 aromatic heterocycles. The fraction of sp³-hybridized carbons (Fsp3) is 0.429. The molecule has 0 radical (unpaired) electrons. The quantitative estimate of drug-likeness (QED) is 0.690. The van der Waals surface area contributed by atoms with Gasteiger partial charge in [0.25, 0.3) is 10.0 Å². The van der Waals surface area contributed by atoms with E-state index in [2.05, 4.69) is 4.72 Å². The average molecular weight is 453 g/mol. The van der Waals surface area contributed by atoms with Gasteiger partial charge in [0, 0.05) is 18.8 Å². The number of hydrogen-bond acceptors (Lipinski definition) is 5. The molecule has 0 amide bonds. The minimum absolute atomic E-state index is 0.0920. The third-order valence-electron chi connectivity index (χ3n) is 5.19. The van der Waals surface area contributed by atoms with Crippen molar-refractivity contribution in [1.82, 2.24) is 4.31 Å². The molecule has 0 bridgehead atoms. The lowest BCUT2D eigenvalue weighted by Gasteiger charge is -2.25. The van der Waals surface area contributed by atoms with Gasteiger partial charge in [-0.3, -0.25) is 4.72 Å². The summed E-state index contributed by atoms with van der Waals surface area (Å²) in [5.41, 5.74) is 1.10. The largest absolute Gasteiger partial charge is 0.496 e. The number of nitrogens with zero attached hydrogens (tertiary/aromatic N) is 1. The van der Waals surface area contributed by atoms with Crippen LogP contribution in [0.2, 0.25) is 0 Å². The van der Waals surface area contributed by atoms with Crippen molar-refractivity contribution in [3.05, 3.63) is 48.0 Å². The molecule has 0 spiro atoms. The second-order valence-corrected chi connectivity index (χ2v) is 11.3. The maximum atomic E-state index is 12.8. The Bertz CT molecular complexity index is 1090. The van der Waals surface area contributed by atoms with E-state index in [1.54, 1.807) is 19.2 Å². The van der Waals surface area contributed by atoms with Crippen LogP contribution < -0.4 is 9.46 Å². The zero-order chi connectivity index (χ0) is 21.9. The first-order valence-electron chi connectivity index (χ1n) is 9.96. The first kappa shape index (κ1) is 22.6. The zero-order valence-electron chi connectivity index (χ0n) is 17.5. The van der Waals surface area contributed by atoms with Crippen LogP contribution in [0.4, 0.5) is 5.69 Å². The number of benzene rings is 2. The van der Waals surface area contributed by atoms with Crippen molar-refractivity contribution in [2.45, 2.75) is 48.8 Å². The van der Waals surface area contributed by atoms with Crippen LogP contribution in [-0.4, -0.2) is 41.3 Å². The predicted molar refractivity (Wildman–Crippen MR) is 117 cm³/mol. The molecule has 1 N–H and O–H groups in total. The Balaban J connectivity index is 1.82. The Morgan fingerprint density at radius 3 is 2.07 bits per heavy atom. The SMILES string of the molecule is COc1ccc(S(=O)(=O)Nc2ccc(S(=O)(=O)N3CCCCC3)cc2)cc1C(C)C. The molecule has 1 aliphatic heterocycles. The smallest absolute Gasteiger partial charge is 0.261 e. The van der Waals surface area contributed by atoms with Crippen LogP contribution in [0, 0.1) is 0 Å². The molecule has 1 aliphatic rings. The van der Waals surface area contributed by atoms with Crippen molar-refractivity contribution < 1.29 is 21.6 Å². The van der Waals surface area contributed by atoms with Gasteiger partial charge in [-0.15, -0.1) is 0 Å². The molecule has 0 atom stereocenters. The van der Waals surface area contributed by atoms with Gasteiger partial charge in [-0.2, -0.15) is 4.31 Å². The number of sulfonamides is 2. The van der Waals surface area contributed by atoms with E-state index in [-0.39, 0.29) is 15.7 Å². The molecule has 1 heterocycles. The highest BCUT2D eigenvalue weighted by Crippen LogP contribution is 2.30. The summed E-state index contributed by atoms with van der Waals surface area (Å²) in [4.78, 5) is 0.288. The van der Waals surface area contributed by atoms with Crippen LogP contribution in [-0.2, 0) is 20.0 Å². The number of anilines is 1. The van der Waals surface area contributed by atoms with Gasteiger partial charge in [0.1, 0.15) is 5.75 Å². The predicted octanol–water partition coefficient (Wildman–Crippen LogP) is 3.79. The first-order valence-corrected chi connectivity index (χ1v) is 12.9. The monoisotopic (exact) mass is 452 g/mol. The van der Waals surface area contributed by atoms with Crippen molar-refractivity contribution in [1.29, 1.82) is 0 Å². The Labute approximate surface area is 179 Å². The summed E-state index contributed by atoms with van der Waals surface area (Å²) >= 11 is 0. The minimum atomic E-state index is -3.83. The number of nitrogens with one attached hydrogen (secondary N) is 1. The minimum Gasteiger partial charge on any atom is -0.496 e. The van der Waals surface area contributed by atoms with E-state index in [4.69, 9.17) is 4.74 Å². The van der Waals surface area contributed by atoms with Crippen LogP contribution in [0.3, 0.4) is 0 Å². The molecular weight excluding hydrogens is 424 g/mol. The van der Waals surface area contributed by atoms with Gasteiger partial charge >= 0.3 is 0 Å². The van der Waals surface area contributed by atoms with E-state index >= 15 is 0 Å². The van der Waals surface area contributed by atoms with Crippen LogP contribution in [0.15, 0.2) is 52.3 Å². The first-order chi connectivity index (χ1) is 14.1. The molecule has 1 saturated heterocycles. The number of rotatable bonds is 7. The molecule has 0 saturated carbocycles. The molecular formula is C21H28N2O5S2. The van der Waals surface area contributed by atoms with Gasteiger partial charge in [-0.25, -0.2) is 16.8 Å². The molecule has 9 heteroatoms. The maximum absolute atomic E-state index is 12.8. The van der Waals surface area contributed by atoms with Crippen molar-refractivity contribution in [2.75, 3.05) is 24.9 Å². The Hall–Kier alpha value is -2.10. The highest BCUT2D eigenvalue weighted by atomic mass is 32.2. The fourth-order valence-corrected chi connectivity index (χ4v) is 6.10. The van der Waals surface area contributed by atoms with Crippen molar-refractivity contribution in [2.24, 2.45) is 0 Å². The lowest BCUT2D eigenvalue weighted by atomic mass is 10.0. The van der Waals surface area contributed by atoms with Gasteiger partial charge < -0.3 is 4.74 Å². The molecule has 0 aliphatic carbocycles. The topological polar surface area (TPSA) is 92.8 Å². The van der Waals surface area contributed by atoms with E-state index in [1.165, 1.54) is 34.6 Å².